The first kappa shape index (κ1) is 12.0. The Labute approximate surface area is 97.8 Å². The van der Waals surface area contributed by atoms with Crippen LogP contribution < -0.4 is 5.32 Å². The summed E-state index contributed by atoms with van der Waals surface area (Å²) in [5.41, 5.74) is 0. The molecule has 0 aromatic carbocycles. The van der Waals surface area contributed by atoms with Crippen LogP contribution in [0.1, 0.15) is 13.8 Å². The highest BCUT2D eigenvalue weighted by Gasteiger charge is 2.09. The summed E-state index contributed by atoms with van der Waals surface area (Å²) < 4.78 is 0.892. The molecule has 1 N–H and O–H groups in total. The molecule has 1 heterocycles. The van der Waals surface area contributed by atoms with E-state index in [0.29, 0.717) is 18.9 Å². The lowest BCUT2D eigenvalue weighted by molar-refractivity contribution is 0.217. The number of pyridine rings is 1. The first-order valence-corrected chi connectivity index (χ1v) is 5.64. The Balaban J connectivity index is 2.61. The molecule has 2 amide bonds. The number of hydrogen-bond donors (Lipinski definition) is 1. The molecule has 0 atom stereocenters. The van der Waals surface area contributed by atoms with Crippen LogP contribution in [0.15, 0.2) is 22.8 Å². The first-order chi connectivity index (χ1) is 7.17. The van der Waals surface area contributed by atoms with Gasteiger partial charge in [-0.05, 0) is 41.9 Å². The first-order valence-electron chi connectivity index (χ1n) is 4.84. The third-order valence-corrected chi connectivity index (χ3v) is 2.48. The zero-order valence-electron chi connectivity index (χ0n) is 8.83. The lowest BCUT2D eigenvalue weighted by atomic mass is 10.4. The summed E-state index contributed by atoms with van der Waals surface area (Å²) in [4.78, 5) is 17.4. The minimum absolute atomic E-state index is 0.116. The molecular weight excluding hydrogens is 258 g/mol. The van der Waals surface area contributed by atoms with E-state index in [1.54, 1.807) is 17.2 Å². The van der Waals surface area contributed by atoms with Crippen LogP contribution in [0.4, 0.5) is 10.6 Å². The van der Waals surface area contributed by atoms with Crippen molar-refractivity contribution in [3.8, 4) is 0 Å². The average molecular weight is 272 g/mol. The Morgan fingerprint density at radius 3 is 2.60 bits per heavy atom. The zero-order chi connectivity index (χ0) is 11.3. The van der Waals surface area contributed by atoms with Gasteiger partial charge in [-0.25, -0.2) is 9.78 Å². The average Bonchev–Trinajstić information content (AvgIpc) is 2.23. The van der Waals surface area contributed by atoms with Crippen LogP contribution in [-0.2, 0) is 0 Å². The van der Waals surface area contributed by atoms with Crippen LogP contribution in [0.25, 0.3) is 0 Å². The Morgan fingerprint density at radius 2 is 2.13 bits per heavy atom. The van der Waals surface area contributed by atoms with Crippen molar-refractivity contribution in [1.29, 1.82) is 0 Å². The summed E-state index contributed by atoms with van der Waals surface area (Å²) in [6.07, 6.45) is 1.65. The maximum absolute atomic E-state index is 11.6. The van der Waals surface area contributed by atoms with E-state index in [1.807, 2.05) is 19.9 Å². The number of halogens is 1. The van der Waals surface area contributed by atoms with E-state index in [1.165, 1.54) is 0 Å². The highest BCUT2D eigenvalue weighted by atomic mass is 79.9. The van der Waals surface area contributed by atoms with Crippen molar-refractivity contribution in [2.45, 2.75) is 13.8 Å². The van der Waals surface area contributed by atoms with Crippen LogP contribution in [0.3, 0.4) is 0 Å². The van der Waals surface area contributed by atoms with Crippen LogP contribution in [0, 0.1) is 0 Å². The van der Waals surface area contributed by atoms with E-state index in [0.717, 1.165) is 4.47 Å². The maximum Gasteiger partial charge on any atom is 0.322 e. The number of nitrogens with zero attached hydrogens (tertiary/aromatic N) is 2. The van der Waals surface area contributed by atoms with Gasteiger partial charge >= 0.3 is 6.03 Å². The number of nitrogens with one attached hydrogen (secondary N) is 1. The van der Waals surface area contributed by atoms with Crippen LogP contribution in [0.2, 0.25) is 0 Å². The molecule has 82 valence electrons. The molecule has 4 nitrogen and oxygen atoms in total. The SMILES string of the molecule is CCN(CC)C(=O)Nc1ccc(Br)cn1. The molecule has 1 aromatic rings. The molecule has 0 saturated heterocycles. The van der Waals surface area contributed by atoms with Gasteiger partial charge in [0.1, 0.15) is 5.82 Å². The van der Waals surface area contributed by atoms with Crippen molar-refractivity contribution in [2.24, 2.45) is 0 Å². The number of anilines is 1. The van der Waals surface area contributed by atoms with Gasteiger partial charge in [0.15, 0.2) is 0 Å². The van der Waals surface area contributed by atoms with Crippen molar-refractivity contribution in [1.82, 2.24) is 9.88 Å². The minimum atomic E-state index is -0.116. The highest BCUT2D eigenvalue weighted by molar-refractivity contribution is 9.10. The van der Waals surface area contributed by atoms with Gasteiger partial charge in [0.05, 0.1) is 0 Å². The fourth-order valence-electron chi connectivity index (χ4n) is 1.15. The van der Waals surface area contributed by atoms with Crippen molar-refractivity contribution < 1.29 is 4.79 Å². The third kappa shape index (κ3) is 3.51. The Kier molecular flexibility index (Phi) is 4.55. The maximum atomic E-state index is 11.6. The number of urea groups is 1. The molecule has 0 aliphatic rings. The lowest BCUT2D eigenvalue weighted by Gasteiger charge is -2.18. The number of amides is 2. The molecule has 0 saturated carbocycles. The molecule has 1 rings (SSSR count). The van der Waals surface area contributed by atoms with E-state index in [2.05, 4.69) is 26.2 Å². The number of carbonyl (C=O) groups excluding carboxylic acids is 1. The zero-order valence-corrected chi connectivity index (χ0v) is 10.4. The number of hydrogen-bond acceptors (Lipinski definition) is 2. The topological polar surface area (TPSA) is 45.2 Å². The number of carbonyl (C=O) groups is 1. The summed E-state index contributed by atoms with van der Waals surface area (Å²) in [6.45, 7) is 5.27. The minimum Gasteiger partial charge on any atom is -0.325 e. The van der Waals surface area contributed by atoms with Gasteiger partial charge in [-0.1, -0.05) is 0 Å². The number of rotatable bonds is 3. The monoisotopic (exact) mass is 271 g/mol. The second-order valence-corrected chi connectivity index (χ2v) is 3.88. The van der Waals surface area contributed by atoms with Crippen molar-refractivity contribution in [3.63, 3.8) is 0 Å². The van der Waals surface area contributed by atoms with E-state index in [9.17, 15) is 4.79 Å². The van der Waals surface area contributed by atoms with E-state index in [-0.39, 0.29) is 6.03 Å². The summed E-state index contributed by atoms with van der Waals surface area (Å²) in [5, 5.41) is 2.73. The summed E-state index contributed by atoms with van der Waals surface area (Å²) in [7, 11) is 0. The fraction of sp³-hybridized carbons (Fsp3) is 0.400. The predicted octanol–water partition coefficient (Wildman–Crippen LogP) is 2.72. The van der Waals surface area contributed by atoms with Gasteiger partial charge < -0.3 is 4.90 Å². The molecule has 0 fully saturated rings. The molecule has 0 spiro atoms. The molecule has 0 unspecified atom stereocenters. The summed E-state index contributed by atoms with van der Waals surface area (Å²) >= 11 is 3.28. The van der Waals surface area contributed by atoms with Crippen LogP contribution in [0.5, 0.6) is 0 Å². The molecule has 0 bridgehead atoms. The molecule has 0 aliphatic heterocycles. The van der Waals surface area contributed by atoms with E-state index >= 15 is 0 Å². The summed E-state index contributed by atoms with van der Waals surface area (Å²) in [6, 6.07) is 3.48. The Hall–Kier alpha value is -1.10. The molecule has 15 heavy (non-hydrogen) atoms. The van der Waals surface area contributed by atoms with Gasteiger partial charge in [-0.15, -0.1) is 0 Å². The van der Waals surface area contributed by atoms with Crippen LogP contribution in [-0.4, -0.2) is 29.0 Å². The summed E-state index contributed by atoms with van der Waals surface area (Å²) in [5.74, 6) is 0.565. The van der Waals surface area contributed by atoms with Gasteiger partial charge in [0.2, 0.25) is 0 Å². The molecule has 1 aromatic heterocycles. The highest BCUT2D eigenvalue weighted by Crippen LogP contribution is 2.10. The predicted molar refractivity (Wildman–Crippen MR) is 63.9 cm³/mol. The Bertz CT molecular complexity index is 322. The fourth-order valence-corrected chi connectivity index (χ4v) is 1.38. The van der Waals surface area contributed by atoms with Crippen LogP contribution >= 0.6 is 15.9 Å². The normalized spacial score (nSPS) is 9.80. The number of aromatic nitrogens is 1. The molecule has 5 heteroatoms. The van der Waals surface area contributed by atoms with Gasteiger partial charge in [0, 0.05) is 23.8 Å². The third-order valence-electron chi connectivity index (χ3n) is 2.01. The molecular formula is C10H14BrN3O. The lowest BCUT2D eigenvalue weighted by Crippen LogP contribution is -2.34. The largest absolute Gasteiger partial charge is 0.325 e. The van der Waals surface area contributed by atoms with Gasteiger partial charge in [-0.2, -0.15) is 0 Å². The standard InChI is InChI=1S/C10H14BrN3O/c1-3-14(4-2)10(15)13-9-6-5-8(11)7-12-9/h5-7H,3-4H2,1-2H3,(H,12,13,15). The van der Waals surface area contributed by atoms with E-state index in [4.69, 9.17) is 0 Å². The Morgan fingerprint density at radius 1 is 1.47 bits per heavy atom. The van der Waals surface area contributed by atoms with Gasteiger partial charge in [-0.3, -0.25) is 5.32 Å². The second kappa shape index (κ2) is 5.70. The van der Waals surface area contributed by atoms with E-state index < -0.39 is 0 Å². The molecule has 0 aliphatic carbocycles. The van der Waals surface area contributed by atoms with Crippen molar-refractivity contribution >= 4 is 27.8 Å². The quantitative estimate of drug-likeness (QED) is 0.919. The van der Waals surface area contributed by atoms with Gasteiger partial charge in [0.25, 0.3) is 0 Å². The van der Waals surface area contributed by atoms with Crippen molar-refractivity contribution in [2.75, 3.05) is 18.4 Å². The smallest absolute Gasteiger partial charge is 0.322 e. The molecule has 0 radical (unpaired) electrons. The second-order valence-electron chi connectivity index (χ2n) is 2.96. The van der Waals surface area contributed by atoms with Crippen molar-refractivity contribution in [3.05, 3.63) is 22.8 Å².